The Morgan fingerprint density at radius 1 is 1.05 bits per heavy atom. The zero-order chi connectivity index (χ0) is 14.9. The Morgan fingerprint density at radius 2 is 1.71 bits per heavy atom. The Bertz CT molecular complexity index is 619. The van der Waals surface area contributed by atoms with Crippen LogP contribution >= 0.6 is 0 Å². The molecule has 0 fully saturated rings. The van der Waals surface area contributed by atoms with E-state index in [1.165, 1.54) is 11.1 Å². The molecule has 0 aliphatic carbocycles. The van der Waals surface area contributed by atoms with Crippen LogP contribution in [0.1, 0.15) is 36.6 Å². The standard InChI is InChI=1S/C18H21NO2/c1-18(2)17(15-5-3-4-6-16(15)21-18)19-11-13-7-9-14(12-20)10-8-13/h3-10,17,19-20H,11-12H2,1-2H3. The van der Waals surface area contributed by atoms with Crippen LogP contribution in [-0.2, 0) is 13.2 Å². The van der Waals surface area contributed by atoms with Crippen molar-refractivity contribution in [3.8, 4) is 5.75 Å². The van der Waals surface area contributed by atoms with E-state index in [1.807, 2.05) is 42.5 Å². The van der Waals surface area contributed by atoms with Crippen molar-refractivity contribution in [1.82, 2.24) is 5.32 Å². The molecule has 1 aliphatic rings. The first-order chi connectivity index (χ1) is 10.1. The van der Waals surface area contributed by atoms with E-state index in [1.54, 1.807) is 0 Å². The maximum atomic E-state index is 9.08. The van der Waals surface area contributed by atoms with Crippen molar-refractivity contribution in [1.29, 1.82) is 0 Å². The van der Waals surface area contributed by atoms with Crippen LogP contribution in [0.2, 0.25) is 0 Å². The molecule has 1 aliphatic heterocycles. The topological polar surface area (TPSA) is 41.5 Å². The molecule has 1 atom stereocenters. The maximum Gasteiger partial charge on any atom is 0.125 e. The number of aliphatic hydroxyl groups is 1. The first-order valence-corrected chi connectivity index (χ1v) is 7.30. The molecule has 0 saturated carbocycles. The average molecular weight is 283 g/mol. The molecule has 3 nitrogen and oxygen atoms in total. The molecule has 0 aromatic heterocycles. The second-order valence-electron chi connectivity index (χ2n) is 6.03. The molecule has 1 heterocycles. The number of rotatable bonds is 4. The van der Waals surface area contributed by atoms with Crippen molar-refractivity contribution in [2.75, 3.05) is 0 Å². The molecular formula is C18H21NO2. The molecule has 0 saturated heterocycles. The van der Waals surface area contributed by atoms with E-state index in [4.69, 9.17) is 9.84 Å². The molecule has 0 radical (unpaired) electrons. The van der Waals surface area contributed by atoms with Gasteiger partial charge in [0.2, 0.25) is 0 Å². The minimum absolute atomic E-state index is 0.0879. The van der Waals surface area contributed by atoms with Crippen molar-refractivity contribution in [2.45, 2.75) is 38.6 Å². The molecule has 3 rings (SSSR count). The highest BCUT2D eigenvalue weighted by atomic mass is 16.5. The predicted molar refractivity (Wildman–Crippen MR) is 83.1 cm³/mol. The normalized spacial score (nSPS) is 19.1. The van der Waals surface area contributed by atoms with E-state index in [0.717, 1.165) is 17.9 Å². The Kier molecular flexibility index (Phi) is 3.70. The second-order valence-corrected chi connectivity index (χ2v) is 6.03. The smallest absolute Gasteiger partial charge is 0.125 e. The number of benzene rings is 2. The van der Waals surface area contributed by atoms with Gasteiger partial charge in [-0.05, 0) is 31.0 Å². The van der Waals surface area contributed by atoms with Crippen molar-refractivity contribution < 1.29 is 9.84 Å². The summed E-state index contributed by atoms with van der Waals surface area (Å²) in [6.07, 6.45) is 0. The zero-order valence-electron chi connectivity index (χ0n) is 12.5. The molecule has 2 aromatic carbocycles. The van der Waals surface area contributed by atoms with E-state index < -0.39 is 0 Å². The second kappa shape index (κ2) is 5.51. The van der Waals surface area contributed by atoms with Crippen LogP contribution in [0, 0.1) is 0 Å². The SMILES string of the molecule is CC1(C)Oc2ccccc2C1NCc1ccc(CO)cc1. The van der Waals surface area contributed by atoms with Gasteiger partial charge >= 0.3 is 0 Å². The van der Waals surface area contributed by atoms with Crippen LogP contribution in [0.3, 0.4) is 0 Å². The first-order valence-electron chi connectivity index (χ1n) is 7.30. The summed E-state index contributed by atoms with van der Waals surface area (Å²) >= 11 is 0. The molecule has 0 spiro atoms. The molecular weight excluding hydrogens is 262 g/mol. The monoisotopic (exact) mass is 283 g/mol. The summed E-state index contributed by atoms with van der Waals surface area (Å²) in [7, 11) is 0. The van der Waals surface area contributed by atoms with Crippen molar-refractivity contribution in [3.63, 3.8) is 0 Å². The van der Waals surface area contributed by atoms with Crippen LogP contribution in [-0.4, -0.2) is 10.7 Å². The van der Waals surface area contributed by atoms with Gasteiger partial charge in [-0.1, -0.05) is 42.5 Å². The largest absolute Gasteiger partial charge is 0.486 e. The van der Waals surface area contributed by atoms with Gasteiger partial charge in [-0.15, -0.1) is 0 Å². The van der Waals surface area contributed by atoms with Gasteiger partial charge in [0.05, 0.1) is 12.6 Å². The quantitative estimate of drug-likeness (QED) is 0.905. The molecule has 2 N–H and O–H groups in total. The minimum atomic E-state index is -0.255. The van der Waals surface area contributed by atoms with Gasteiger partial charge in [0.25, 0.3) is 0 Å². The number of nitrogens with one attached hydrogen (secondary N) is 1. The van der Waals surface area contributed by atoms with Gasteiger partial charge < -0.3 is 15.2 Å². The molecule has 0 bridgehead atoms. The van der Waals surface area contributed by atoms with Crippen LogP contribution in [0.15, 0.2) is 48.5 Å². The lowest BCUT2D eigenvalue weighted by molar-refractivity contribution is 0.0958. The molecule has 110 valence electrons. The van der Waals surface area contributed by atoms with Gasteiger partial charge in [-0.2, -0.15) is 0 Å². The van der Waals surface area contributed by atoms with E-state index in [2.05, 4.69) is 25.2 Å². The van der Waals surface area contributed by atoms with E-state index in [-0.39, 0.29) is 18.2 Å². The third-order valence-electron chi connectivity index (χ3n) is 4.01. The summed E-state index contributed by atoms with van der Waals surface area (Å²) in [5, 5.41) is 12.7. The number of aliphatic hydroxyl groups excluding tert-OH is 1. The maximum absolute atomic E-state index is 9.08. The molecule has 1 unspecified atom stereocenters. The number of hydrogen-bond donors (Lipinski definition) is 2. The number of ether oxygens (including phenoxy) is 1. The third-order valence-corrected chi connectivity index (χ3v) is 4.01. The van der Waals surface area contributed by atoms with Crippen LogP contribution in [0.25, 0.3) is 0 Å². The Balaban J connectivity index is 1.74. The summed E-state index contributed by atoms with van der Waals surface area (Å²) in [6.45, 7) is 5.08. The summed E-state index contributed by atoms with van der Waals surface area (Å²) in [6, 6.07) is 16.4. The summed E-state index contributed by atoms with van der Waals surface area (Å²) in [5.74, 6) is 0.968. The Morgan fingerprint density at radius 3 is 2.43 bits per heavy atom. The number of fused-ring (bicyclic) bond motifs is 1. The highest BCUT2D eigenvalue weighted by molar-refractivity contribution is 5.42. The van der Waals surface area contributed by atoms with Crippen molar-refractivity contribution in [2.24, 2.45) is 0 Å². The predicted octanol–water partition coefficient (Wildman–Crippen LogP) is 3.18. The van der Waals surface area contributed by atoms with Gasteiger partial charge in [0.1, 0.15) is 11.4 Å². The van der Waals surface area contributed by atoms with Crippen molar-refractivity contribution >= 4 is 0 Å². The third kappa shape index (κ3) is 2.80. The van der Waals surface area contributed by atoms with E-state index in [0.29, 0.717) is 0 Å². The fourth-order valence-corrected chi connectivity index (χ4v) is 2.87. The van der Waals surface area contributed by atoms with Crippen molar-refractivity contribution in [3.05, 3.63) is 65.2 Å². The summed E-state index contributed by atoms with van der Waals surface area (Å²) in [5.41, 5.74) is 3.10. The zero-order valence-corrected chi connectivity index (χ0v) is 12.5. The minimum Gasteiger partial charge on any atom is -0.486 e. The molecule has 21 heavy (non-hydrogen) atoms. The van der Waals surface area contributed by atoms with E-state index >= 15 is 0 Å². The van der Waals surface area contributed by atoms with E-state index in [9.17, 15) is 0 Å². The number of hydrogen-bond acceptors (Lipinski definition) is 3. The summed E-state index contributed by atoms with van der Waals surface area (Å²) < 4.78 is 6.04. The van der Waals surface area contributed by atoms with Gasteiger partial charge in [-0.25, -0.2) is 0 Å². The van der Waals surface area contributed by atoms with Gasteiger partial charge in [0.15, 0.2) is 0 Å². The number of para-hydroxylation sites is 1. The van der Waals surface area contributed by atoms with Gasteiger partial charge in [0, 0.05) is 12.1 Å². The average Bonchev–Trinajstić information content (AvgIpc) is 2.75. The van der Waals surface area contributed by atoms with Crippen LogP contribution in [0.4, 0.5) is 0 Å². The fourth-order valence-electron chi connectivity index (χ4n) is 2.87. The fraction of sp³-hybridized carbons (Fsp3) is 0.333. The molecule has 0 amide bonds. The lowest BCUT2D eigenvalue weighted by Crippen LogP contribution is -2.38. The molecule has 3 heteroatoms. The lowest BCUT2D eigenvalue weighted by Gasteiger charge is -2.27. The van der Waals surface area contributed by atoms with Crippen LogP contribution in [0.5, 0.6) is 5.75 Å². The van der Waals surface area contributed by atoms with Crippen LogP contribution < -0.4 is 10.1 Å². The molecule has 2 aromatic rings. The Hall–Kier alpha value is -1.84. The summed E-state index contributed by atoms with van der Waals surface area (Å²) in [4.78, 5) is 0. The highest BCUT2D eigenvalue weighted by Crippen LogP contribution is 2.42. The highest BCUT2D eigenvalue weighted by Gasteiger charge is 2.40. The van der Waals surface area contributed by atoms with Gasteiger partial charge in [-0.3, -0.25) is 0 Å². The lowest BCUT2D eigenvalue weighted by atomic mass is 9.94. The Labute approximate surface area is 125 Å². The first kappa shape index (κ1) is 14.1.